The van der Waals surface area contributed by atoms with Crippen LogP contribution >= 0.6 is 11.6 Å². The Kier molecular flexibility index (Phi) is 4.54. The third-order valence-corrected chi connectivity index (χ3v) is 4.88. The fourth-order valence-corrected chi connectivity index (χ4v) is 3.36. The van der Waals surface area contributed by atoms with Gasteiger partial charge in [0.1, 0.15) is 0 Å². The Morgan fingerprint density at radius 3 is 2.93 bits per heavy atom. The van der Waals surface area contributed by atoms with E-state index < -0.39 is 0 Å². The Hall–Kier alpha value is -2.92. The number of H-pyrrole nitrogens is 1. The van der Waals surface area contributed by atoms with E-state index in [1.165, 1.54) is 6.92 Å². The smallest absolute Gasteiger partial charge is 0.227 e. The lowest BCUT2D eigenvalue weighted by molar-refractivity contribution is 0.101. The SMILES string of the molecule is CC(=O)c1cc2cc(Nc3nccc(C4=CCC(C)C=C4)n3)cc(Cl)c2[nH]1. The zero-order chi connectivity index (χ0) is 19.0. The zero-order valence-electron chi connectivity index (χ0n) is 15.1. The normalized spacial score (nSPS) is 16.4. The van der Waals surface area contributed by atoms with Crippen molar-refractivity contribution in [1.29, 1.82) is 0 Å². The third-order valence-electron chi connectivity index (χ3n) is 4.58. The van der Waals surface area contributed by atoms with E-state index in [-0.39, 0.29) is 5.78 Å². The highest BCUT2D eigenvalue weighted by molar-refractivity contribution is 6.35. The van der Waals surface area contributed by atoms with Crippen molar-refractivity contribution < 1.29 is 4.79 Å². The van der Waals surface area contributed by atoms with Gasteiger partial charge in [-0.1, -0.05) is 36.8 Å². The van der Waals surface area contributed by atoms with Crippen LogP contribution < -0.4 is 5.32 Å². The number of anilines is 2. The number of carbonyl (C=O) groups excluding carboxylic acids is 1. The number of nitrogens with zero attached hydrogens (tertiary/aromatic N) is 2. The molecular formula is C21H19ClN4O. The molecule has 136 valence electrons. The average Bonchev–Trinajstić information content (AvgIpc) is 3.08. The minimum absolute atomic E-state index is 0.0315. The minimum atomic E-state index is -0.0315. The van der Waals surface area contributed by atoms with Crippen LogP contribution in [0.3, 0.4) is 0 Å². The Balaban J connectivity index is 1.63. The van der Waals surface area contributed by atoms with Crippen molar-refractivity contribution in [3.63, 3.8) is 0 Å². The van der Waals surface area contributed by atoms with Crippen molar-refractivity contribution in [3.05, 3.63) is 65.1 Å². The van der Waals surface area contributed by atoms with Crippen LogP contribution in [-0.4, -0.2) is 20.7 Å². The number of halogens is 1. The molecule has 1 unspecified atom stereocenters. The van der Waals surface area contributed by atoms with Gasteiger partial charge in [0.15, 0.2) is 5.78 Å². The van der Waals surface area contributed by atoms with E-state index in [9.17, 15) is 4.79 Å². The van der Waals surface area contributed by atoms with Gasteiger partial charge in [0.25, 0.3) is 0 Å². The summed E-state index contributed by atoms with van der Waals surface area (Å²) in [5.74, 6) is 1.03. The van der Waals surface area contributed by atoms with Gasteiger partial charge >= 0.3 is 0 Å². The number of aromatic nitrogens is 3. The molecule has 1 aliphatic rings. The Morgan fingerprint density at radius 2 is 2.19 bits per heavy atom. The van der Waals surface area contributed by atoms with E-state index in [0.29, 0.717) is 22.6 Å². The standard InChI is InChI=1S/C21H19ClN4O/c1-12-3-5-14(6-4-12)18-7-8-23-21(26-18)24-16-9-15-10-19(13(2)27)25-20(15)17(22)11-16/h3,5-12,25H,4H2,1-2H3,(H,23,24,26). The van der Waals surface area contributed by atoms with Crippen molar-refractivity contribution in [3.8, 4) is 0 Å². The Morgan fingerprint density at radius 1 is 1.33 bits per heavy atom. The molecule has 2 aromatic heterocycles. The van der Waals surface area contributed by atoms with Gasteiger partial charge in [-0.25, -0.2) is 9.97 Å². The Bertz CT molecular complexity index is 1100. The van der Waals surface area contributed by atoms with E-state index in [1.807, 2.05) is 12.1 Å². The maximum atomic E-state index is 11.6. The number of Topliss-reactive ketones (excluding diaryl/α,β-unsaturated/α-hetero) is 1. The van der Waals surface area contributed by atoms with E-state index in [1.54, 1.807) is 18.3 Å². The number of hydrogen-bond donors (Lipinski definition) is 2. The molecule has 0 spiro atoms. The molecule has 5 nitrogen and oxygen atoms in total. The van der Waals surface area contributed by atoms with Crippen molar-refractivity contribution >= 4 is 45.5 Å². The van der Waals surface area contributed by atoms with Crippen LogP contribution in [-0.2, 0) is 0 Å². The largest absolute Gasteiger partial charge is 0.351 e. The molecule has 0 aliphatic heterocycles. The molecule has 0 saturated heterocycles. The average molecular weight is 379 g/mol. The van der Waals surface area contributed by atoms with E-state index in [0.717, 1.165) is 34.3 Å². The predicted molar refractivity (Wildman–Crippen MR) is 110 cm³/mol. The highest BCUT2D eigenvalue weighted by Gasteiger charge is 2.11. The number of rotatable bonds is 4. The molecule has 0 amide bonds. The molecule has 1 aliphatic carbocycles. The zero-order valence-corrected chi connectivity index (χ0v) is 15.8. The molecule has 0 radical (unpaired) electrons. The van der Waals surface area contributed by atoms with Crippen molar-refractivity contribution in [2.45, 2.75) is 20.3 Å². The van der Waals surface area contributed by atoms with Gasteiger partial charge < -0.3 is 10.3 Å². The molecule has 6 heteroatoms. The van der Waals surface area contributed by atoms with Gasteiger partial charge in [-0.2, -0.15) is 0 Å². The van der Waals surface area contributed by atoms with Gasteiger partial charge in [0.05, 0.1) is 21.9 Å². The molecule has 0 fully saturated rings. The molecule has 2 N–H and O–H groups in total. The molecule has 0 saturated carbocycles. The molecule has 27 heavy (non-hydrogen) atoms. The van der Waals surface area contributed by atoms with Gasteiger partial charge in [-0.05, 0) is 42.2 Å². The second-order valence-corrected chi connectivity index (χ2v) is 7.19. The minimum Gasteiger partial charge on any atom is -0.351 e. The fraction of sp³-hybridized carbons (Fsp3) is 0.190. The first-order chi connectivity index (χ1) is 13.0. The van der Waals surface area contributed by atoms with Gasteiger partial charge in [0, 0.05) is 24.2 Å². The fourth-order valence-electron chi connectivity index (χ4n) is 3.09. The summed E-state index contributed by atoms with van der Waals surface area (Å²) in [7, 11) is 0. The second-order valence-electron chi connectivity index (χ2n) is 6.78. The molecule has 1 atom stereocenters. The van der Waals surface area contributed by atoms with Crippen LogP contribution in [0.2, 0.25) is 5.02 Å². The summed E-state index contributed by atoms with van der Waals surface area (Å²) in [4.78, 5) is 23.6. The molecular weight excluding hydrogens is 360 g/mol. The molecule has 3 aromatic rings. The van der Waals surface area contributed by atoms with Crippen molar-refractivity contribution in [2.75, 3.05) is 5.32 Å². The number of nitrogens with one attached hydrogen (secondary N) is 2. The number of carbonyl (C=O) groups is 1. The van der Waals surface area contributed by atoms with E-state index in [4.69, 9.17) is 11.6 Å². The summed E-state index contributed by atoms with van der Waals surface area (Å²) in [6, 6.07) is 7.41. The number of allylic oxidation sites excluding steroid dienone is 4. The van der Waals surface area contributed by atoms with Crippen LogP contribution in [0.15, 0.2) is 48.7 Å². The number of benzene rings is 1. The highest BCUT2D eigenvalue weighted by Crippen LogP contribution is 2.30. The van der Waals surface area contributed by atoms with Crippen LogP contribution in [0.4, 0.5) is 11.6 Å². The summed E-state index contributed by atoms with van der Waals surface area (Å²) in [6.07, 6.45) is 9.24. The molecule has 2 heterocycles. The summed E-state index contributed by atoms with van der Waals surface area (Å²) in [5, 5.41) is 4.60. The first kappa shape index (κ1) is 17.5. The lowest BCUT2D eigenvalue weighted by atomic mass is 9.97. The predicted octanol–water partition coefficient (Wildman–Crippen LogP) is 5.54. The van der Waals surface area contributed by atoms with E-state index >= 15 is 0 Å². The molecule has 0 bridgehead atoms. The third kappa shape index (κ3) is 3.64. The maximum absolute atomic E-state index is 11.6. The lowest BCUT2D eigenvalue weighted by Gasteiger charge is -2.12. The topological polar surface area (TPSA) is 70.7 Å². The molecule has 1 aromatic carbocycles. The van der Waals surface area contributed by atoms with Crippen LogP contribution in [0, 0.1) is 5.92 Å². The number of ketones is 1. The van der Waals surface area contributed by atoms with Gasteiger partial charge in [0.2, 0.25) is 5.95 Å². The monoisotopic (exact) mass is 378 g/mol. The summed E-state index contributed by atoms with van der Waals surface area (Å²) in [6.45, 7) is 3.71. The quantitative estimate of drug-likeness (QED) is 0.585. The number of fused-ring (bicyclic) bond motifs is 1. The maximum Gasteiger partial charge on any atom is 0.227 e. The van der Waals surface area contributed by atoms with Crippen LogP contribution in [0.25, 0.3) is 16.5 Å². The summed E-state index contributed by atoms with van der Waals surface area (Å²) in [5.41, 5.74) is 4.02. The van der Waals surface area contributed by atoms with Gasteiger partial charge in [-0.15, -0.1) is 0 Å². The van der Waals surface area contributed by atoms with Gasteiger partial charge in [-0.3, -0.25) is 4.79 Å². The molecule has 4 rings (SSSR count). The van der Waals surface area contributed by atoms with Crippen molar-refractivity contribution in [2.24, 2.45) is 5.92 Å². The number of hydrogen-bond acceptors (Lipinski definition) is 4. The first-order valence-electron chi connectivity index (χ1n) is 8.81. The first-order valence-corrected chi connectivity index (χ1v) is 9.19. The lowest BCUT2D eigenvalue weighted by Crippen LogP contribution is -2.01. The van der Waals surface area contributed by atoms with Crippen LogP contribution in [0.5, 0.6) is 0 Å². The second kappa shape index (κ2) is 7.00. The Labute approximate surface area is 162 Å². The summed E-state index contributed by atoms with van der Waals surface area (Å²) < 4.78 is 0. The number of aromatic amines is 1. The van der Waals surface area contributed by atoms with E-state index in [2.05, 4.69) is 45.4 Å². The summed E-state index contributed by atoms with van der Waals surface area (Å²) >= 11 is 6.37. The van der Waals surface area contributed by atoms with Crippen molar-refractivity contribution in [1.82, 2.24) is 15.0 Å². The van der Waals surface area contributed by atoms with Crippen LogP contribution in [0.1, 0.15) is 36.5 Å². The highest BCUT2D eigenvalue weighted by atomic mass is 35.5.